The summed E-state index contributed by atoms with van der Waals surface area (Å²) < 4.78 is 56.6. The molecule has 0 aromatic carbocycles. The first-order valence-electron chi connectivity index (χ1n) is 7.08. The fraction of sp³-hybridized carbons (Fsp3) is 0.556. The molecule has 2 heterocycles. The number of aromatic nitrogens is 2. The Morgan fingerprint density at radius 3 is 2.87 bits per heavy atom. The fourth-order valence-corrected chi connectivity index (χ4v) is 2.24. The molecule has 14 heteroatoms. The summed E-state index contributed by atoms with van der Waals surface area (Å²) in [6.45, 7) is -4.01. The molecule has 5 N–H and O–H groups in total. The van der Waals surface area contributed by atoms with Gasteiger partial charge in [-0.3, -0.25) is 18.9 Å². The van der Waals surface area contributed by atoms with E-state index in [-0.39, 0.29) is 0 Å². The smallest absolute Gasteiger partial charge is 0.385 e. The van der Waals surface area contributed by atoms with E-state index in [9.17, 15) is 19.6 Å². The number of halogens is 2. The van der Waals surface area contributed by atoms with E-state index in [1.54, 1.807) is 0 Å². The summed E-state index contributed by atoms with van der Waals surface area (Å²) in [5, 5.41) is 19.3. The molecule has 0 aliphatic carbocycles. The Balaban J connectivity index is 2.59. The van der Waals surface area contributed by atoms with Crippen LogP contribution < -0.4 is 5.56 Å². The number of hydrogen-bond acceptors (Lipinski definition) is 7. The van der Waals surface area contributed by atoms with Gasteiger partial charge in [-0.1, -0.05) is 11.6 Å². The van der Waals surface area contributed by atoms with Crippen molar-refractivity contribution in [3.8, 4) is 0 Å². The van der Waals surface area contributed by atoms with Crippen LogP contribution in [0.1, 0.15) is 10.3 Å². The number of aromatic amines is 1. The molecule has 23 heavy (non-hydrogen) atoms. The number of alkyl halides is 1. The van der Waals surface area contributed by atoms with Crippen molar-refractivity contribution in [3.05, 3.63) is 26.3 Å². The molecule has 0 radical (unpaired) electrons. The number of phosphoric acid groups is 1. The van der Waals surface area contributed by atoms with Crippen LogP contribution in [0.5, 0.6) is 0 Å². The lowest BCUT2D eigenvalue weighted by Gasteiger charge is -2.23. The maximum absolute atomic E-state index is 15.0. The van der Waals surface area contributed by atoms with Crippen molar-refractivity contribution in [2.24, 2.45) is 0 Å². The van der Waals surface area contributed by atoms with Crippen LogP contribution in [0.2, 0.25) is 5.02 Å². The molecule has 0 saturated carbocycles. The molecule has 2 rings (SSSR count). The lowest BCUT2D eigenvalue weighted by Crippen LogP contribution is -2.42. The molecular weight excluding hydrogens is 382 g/mol. The van der Waals surface area contributed by atoms with Crippen molar-refractivity contribution in [1.82, 2.24) is 9.55 Å². The van der Waals surface area contributed by atoms with E-state index in [0.717, 1.165) is 0 Å². The Labute approximate surface area is 141 Å². The molecular formula is C9H11ClFN2O8PS. The summed E-state index contributed by atoms with van der Waals surface area (Å²) in [6.07, 6.45) is -7.81. The van der Waals surface area contributed by atoms with Crippen molar-refractivity contribution in [2.75, 3.05) is 6.56 Å². The Morgan fingerprint density at radius 1 is 1.70 bits per heavy atom. The van der Waals surface area contributed by atoms with Crippen LogP contribution >= 0.6 is 31.6 Å². The van der Waals surface area contributed by atoms with E-state index in [2.05, 4.69) is 9.26 Å². The number of nitrogens with one attached hydrogen (secondary N) is 1. The highest BCUT2D eigenvalue weighted by Gasteiger charge is 2.57. The zero-order chi connectivity index (χ0) is 20.3. The number of nitrogens with zero attached hydrogens (tertiary/aromatic N) is 1. The number of aliphatic hydroxyl groups excluding tert-OH is 2. The highest BCUT2D eigenvalue weighted by molar-refractivity contribution is 7.71. The van der Waals surface area contributed by atoms with Gasteiger partial charge in [-0.2, -0.15) is 0 Å². The van der Waals surface area contributed by atoms with E-state index in [0.29, 0.717) is 10.8 Å². The third-order valence-electron chi connectivity index (χ3n) is 2.63. The predicted molar refractivity (Wildman–Crippen MR) is 74.9 cm³/mol. The molecule has 130 valence electrons. The summed E-state index contributed by atoms with van der Waals surface area (Å²) in [5.74, 6) is -4.12. The average Bonchev–Trinajstić information content (AvgIpc) is 2.63. The van der Waals surface area contributed by atoms with Gasteiger partial charge < -0.3 is 24.7 Å². The highest BCUT2D eigenvalue weighted by atomic mass is 35.5. The fourth-order valence-electron chi connectivity index (χ4n) is 1.62. The number of H-pyrrole nitrogens is 1. The van der Waals surface area contributed by atoms with Gasteiger partial charge in [0.2, 0.25) is 0 Å². The van der Waals surface area contributed by atoms with Crippen LogP contribution in [-0.4, -0.2) is 54.2 Å². The number of aliphatic hydroxyl groups is 2. The molecule has 1 aliphatic rings. The van der Waals surface area contributed by atoms with Crippen LogP contribution in [-0.2, 0) is 13.8 Å². The molecule has 1 aromatic rings. The van der Waals surface area contributed by atoms with E-state index in [4.69, 9.17) is 37.7 Å². The third kappa shape index (κ3) is 3.87. The van der Waals surface area contributed by atoms with Gasteiger partial charge in [-0.25, -0.2) is 8.96 Å². The van der Waals surface area contributed by atoms with Gasteiger partial charge in [0, 0.05) is 6.20 Å². The molecule has 1 aliphatic heterocycles. The minimum atomic E-state index is -5.61. The maximum atomic E-state index is 15.0. The molecule has 10 nitrogen and oxygen atoms in total. The van der Waals surface area contributed by atoms with E-state index < -0.39 is 54.0 Å². The second-order valence-electron chi connectivity index (χ2n) is 4.27. The van der Waals surface area contributed by atoms with Crippen LogP contribution in [0.15, 0.2) is 11.0 Å². The maximum Gasteiger partial charge on any atom is 0.469 e. The summed E-state index contributed by atoms with van der Waals surface area (Å²) in [6, 6.07) is 0. The predicted octanol–water partition coefficient (Wildman–Crippen LogP) is -0.415. The molecule has 0 bridgehead atoms. The molecule has 1 aromatic heterocycles. The quantitative estimate of drug-likeness (QED) is 0.338. The Kier molecular flexibility index (Phi) is 4.02. The van der Waals surface area contributed by atoms with Crippen LogP contribution in [0.4, 0.5) is 4.39 Å². The van der Waals surface area contributed by atoms with Crippen LogP contribution in [0.25, 0.3) is 0 Å². The van der Waals surface area contributed by atoms with Gasteiger partial charge >= 0.3 is 7.82 Å². The number of hydrogen-bond donors (Lipinski definition) is 5. The molecule has 0 unspecified atom stereocenters. The van der Waals surface area contributed by atoms with Crippen molar-refractivity contribution >= 4 is 31.6 Å². The molecule has 1 saturated heterocycles. The van der Waals surface area contributed by atoms with Crippen molar-refractivity contribution in [1.29, 1.82) is 0 Å². The molecule has 4 atom stereocenters. The van der Waals surface area contributed by atoms with Gasteiger partial charge in [0.1, 0.15) is 23.8 Å². The van der Waals surface area contributed by atoms with Crippen LogP contribution in [0, 0.1) is 4.77 Å². The second-order valence-corrected chi connectivity index (χ2v) is 6.22. The topological polar surface area (TPSA) is 154 Å². The number of rotatable bonds is 4. The van der Waals surface area contributed by atoms with Gasteiger partial charge in [-0.05, 0) is 12.2 Å². The minimum absolute atomic E-state index is 0.412. The van der Waals surface area contributed by atoms with E-state index in [1.165, 1.54) is 0 Å². The normalized spacial score (nSPS) is 37.2. The number of phosphoric ester groups is 1. The Hall–Kier alpha value is -0.690. The summed E-state index contributed by atoms with van der Waals surface area (Å²) in [5.41, 5.74) is -0.892. The Bertz CT molecular complexity index is 896. The summed E-state index contributed by atoms with van der Waals surface area (Å²) in [4.78, 5) is 30.7. The first-order valence-corrected chi connectivity index (χ1v) is 7.90. The monoisotopic (exact) mass is 395 g/mol. The standard InChI is InChI=1S/C9H11ClFN2O8PS/c10-3-1-13(8(23)12-6(3)16)7-4(14)5(15)9(11,21-7)2-20-22(17,18)19/h1,4-5,7,14-15H,2H2,(H,12,16,23)(H2,17,18,19)/t4-,5+,7-,9-/m1/s1/i2D2,7D. The lowest BCUT2D eigenvalue weighted by molar-refractivity contribution is -0.204. The van der Waals surface area contributed by atoms with Crippen LogP contribution in [0.3, 0.4) is 0 Å². The van der Waals surface area contributed by atoms with Crippen molar-refractivity contribution in [2.45, 2.75) is 24.3 Å². The third-order valence-corrected chi connectivity index (χ3v) is 3.52. The first-order chi connectivity index (χ1) is 11.5. The molecule has 0 amide bonds. The highest BCUT2D eigenvalue weighted by Crippen LogP contribution is 2.43. The van der Waals surface area contributed by atoms with Gasteiger partial charge in [0.05, 0.1) is 4.11 Å². The summed E-state index contributed by atoms with van der Waals surface area (Å²) >= 11 is 10.3. The zero-order valence-corrected chi connectivity index (χ0v) is 13.2. The second kappa shape index (κ2) is 6.31. The van der Waals surface area contributed by atoms with Gasteiger partial charge in [0.25, 0.3) is 11.4 Å². The molecule has 0 spiro atoms. The number of ether oxygens (including phenoxy) is 1. The van der Waals surface area contributed by atoms with E-state index in [1.807, 2.05) is 4.98 Å². The van der Waals surface area contributed by atoms with Crippen molar-refractivity contribution in [3.63, 3.8) is 0 Å². The van der Waals surface area contributed by atoms with Gasteiger partial charge in [-0.15, -0.1) is 0 Å². The SMILES string of the molecule is [2H]C([2H])(OP(=O)(O)O)[C@@]1(F)O[C@@]([2H])(n2cc(Cl)c(=O)[nH]c2=S)[C@H](O)[C@@H]1O. The molecule has 1 fully saturated rings. The van der Waals surface area contributed by atoms with Crippen molar-refractivity contribution < 1.29 is 42.3 Å². The average molecular weight is 396 g/mol. The lowest BCUT2D eigenvalue weighted by atomic mass is 10.1. The largest absolute Gasteiger partial charge is 0.469 e. The first kappa shape index (κ1) is 14.6. The Morgan fingerprint density at radius 2 is 2.30 bits per heavy atom. The minimum Gasteiger partial charge on any atom is -0.385 e. The summed E-state index contributed by atoms with van der Waals surface area (Å²) in [7, 11) is -5.61. The van der Waals surface area contributed by atoms with E-state index >= 15 is 4.39 Å². The zero-order valence-electron chi connectivity index (χ0n) is 13.7. The van der Waals surface area contributed by atoms with Gasteiger partial charge in [0.15, 0.2) is 11.0 Å².